The van der Waals surface area contributed by atoms with E-state index in [1.807, 2.05) is 13.0 Å². The molecule has 4 rings (SSSR count). The molecular formula is C26H22N2O5. The third-order valence-electron chi connectivity index (χ3n) is 5.75. The number of rotatable bonds is 4. The molecule has 166 valence electrons. The molecule has 7 heteroatoms. The van der Waals surface area contributed by atoms with Crippen molar-refractivity contribution in [2.45, 2.75) is 26.8 Å². The molecule has 1 unspecified atom stereocenters. The van der Waals surface area contributed by atoms with Gasteiger partial charge < -0.3 is 14.3 Å². The fourth-order valence-corrected chi connectivity index (χ4v) is 4.07. The highest BCUT2D eigenvalue weighted by Gasteiger charge is 2.48. The van der Waals surface area contributed by atoms with Crippen LogP contribution in [0, 0.1) is 32.1 Å². The predicted molar refractivity (Wildman–Crippen MR) is 122 cm³/mol. The van der Waals surface area contributed by atoms with Crippen LogP contribution in [0.25, 0.3) is 5.76 Å². The van der Waals surface area contributed by atoms with E-state index in [-0.39, 0.29) is 11.3 Å². The monoisotopic (exact) mass is 442 g/mol. The van der Waals surface area contributed by atoms with Crippen molar-refractivity contribution in [1.82, 2.24) is 0 Å². The standard InChI is InChI=1S/C26H22N2O5/c1-14-12-21(32-4)15(2)11-19(14)24(29)22-23(20-10-5-16(3)33-20)28(26(31)25(22)30)18-8-6-17(13-27)7-9-18/h5-12,23,29H,1-4H3/b24-22+. The first-order valence-electron chi connectivity index (χ1n) is 10.3. The maximum atomic E-state index is 13.2. The largest absolute Gasteiger partial charge is 0.507 e. The van der Waals surface area contributed by atoms with Crippen LogP contribution in [0.5, 0.6) is 5.75 Å². The molecule has 1 aromatic heterocycles. The summed E-state index contributed by atoms with van der Waals surface area (Å²) in [6, 6.07) is 14.3. The maximum absolute atomic E-state index is 13.2. The van der Waals surface area contributed by atoms with Crippen LogP contribution in [0.15, 0.2) is 58.5 Å². The van der Waals surface area contributed by atoms with Gasteiger partial charge in [0, 0.05) is 11.3 Å². The third kappa shape index (κ3) is 3.66. The van der Waals surface area contributed by atoms with E-state index in [0.29, 0.717) is 39.6 Å². The molecule has 1 atom stereocenters. The van der Waals surface area contributed by atoms with Crippen molar-refractivity contribution in [2.24, 2.45) is 0 Å². The molecule has 2 aromatic carbocycles. The first-order valence-corrected chi connectivity index (χ1v) is 10.3. The van der Waals surface area contributed by atoms with Gasteiger partial charge in [0.2, 0.25) is 0 Å². The number of ketones is 1. The van der Waals surface area contributed by atoms with E-state index in [0.717, 1.165) is 5.56 Å². The Hall–Kier alpha value is -4.31. The van der Waals surface area contributed by atoms with E-state index >= 15 is 0 Å². The number of ether oxygens (including phenoxy) is 1. The van der Waals surface area contributed by atoms with Crippen molar-refractivity contribution in [2.75, 3.05) is 12.0 Å². The highest BCUT2D eigenvalue weighted by molar-refractivity contribution is 6.51. The van der Waals surface area contributed by atoms with Gasteiger partial charge in [-0.2, -0.15) is 5.26 Å². The Kier molecular flexibility index (Phi) is 5.52. The minimum absolute atomic E-state index is 0.0635. The fraction of sp³-hybridized carbons (Fsp3) is 0.192. The van der Waals surface area contributed by atoms with E-state index < -0.39 is 17.7 Å². The third-order valence-corrected chi connectivity index (χ3v) is 5.75. The Morgan fingerprint density at radius 3 is 2.33 bits per heavy atom. The molecule has 1 aliphatic rings. The van der Waals surface area contributed by atoms with Crippen molar-refractivity contribution in [1.29, 1.82) is 5.26 Å². The van der Waals surface area contributed by atoms with E-state index in [9.17, 15) is 14.7 Å². The number of hydrogen-bond acceptors (Lipinski definition) is 6. The number of aryl methyl sites for hydroxylation is 3. The lowest BCUT2D eigenvalue weighted by Gasteiger charge is -2.23. The number of furan rings is 1. The van der Waals surface area contributed by atoms with Crippen LogP contribution in [0.4, 0.5) is 5.69 Å². The Balaban J connectivity index is 1.95. The number of methoxy groups -OCH3 is 1. The molecule has 0 spiro atoms. The van der Waals surface area contributed by atoms with E-state index in [1.54, 1.807) is 69.5 Å². The fourth-order valence-electron chi connectivity index (χ4n) is 4.07. The number of aliphatic hydroxyl groups excluding tert-OH is 1. The van der Waals surface area contributed by atoms with Gasteiger partial charge in [0.1, 0.15) is 29.1 Å². The number of nitriles is 1. The number of benzene rings is 2. The Morgan fingerprint density at radius 2 is 1.76 bits per heavy atom. The van der Waals surface area contributed by atoms with Crippen LogP contribution in [-0.2, 0) is 9.59 Å². The molecule has 3 aromatic rings. The lowest BCUT2D eigenvalue weighted by atomic mass is 9.95. The van der Waals surface area contributed by atoms with Crippen molar-refractivity contribution in [3.8, 4) is 11.8 Å². The summed E-state index contributed by atoms with van der Waals surface area (Å²) in [6.45, 7) is 5.38. The summed E-state index contributed by atoms with van der Waals surface area (Å²) in [5.41, 5.74) is 2.66. The smallest absolute Gasteiger partial charge is 0.300 e. The molecule has 7 nitrogen and oxygen atoms in total. The Bertz CT molecular complexity index is 1340. The van der Waals surface area contributed by atoms with Crippen LogP contribution in [0.2, 0.25) is 0 Å². The number of carbonyl (C=O) groups excluding carboxylic acids is 2. The van der Waals surface area contributed by atoms with Gasteiger partial charge in [0.25, 0.3) is 11.7 Å². The molecule has 1 aliphatic heterocycles. The highest BCUT2D eigenvalue weighted by Crippen LogP contribution is 2.43. The number of carbonyl (C=O) groups is 2. The molecule has 0 aliphatic carbocycles. The van der Waals surface area contributed by atoms with Crippen LogP contribution in [0.1, 0.15) is 39.8 Å². The second-order valence-electron chi connectivity index (χ2n) is 7.91. The van der Waals surface area contributed by atoms with Gasteiger partial charge in [-0.1, -0.05) is 0 Å². The Morgan fingerprint density at radius 1 is 1.06 bits per heavy atom. The van der Waals surface area contributed by atoms with Crippen LogP contribution in [-0.4, -0.2) is 23.9 Å². The first-order chi connectivity index (χ1) is 15.8. The maximum Gasteiger partial charge on any atom is 0.300 e. The zero-order chi connectivity index (χ0) is 23.9. The summed E-state index contributed by atoms with van der Waals surface area (Å²) >= 11 is 0. The van der Waals surface area contributed by atoms with Gasteiger partial charge in [0.05, 0.1) is 24.3 Å². The lowest BCUT2D eigenvalue weighted by molar-refractivity contribution is -0.132. The zero-order valence-corrected chi connectivity index (χ0v) is 18.7. The van der Waals surface area contributed by atoms with Gasteiger partial charge in [-0.15, -0.1) is 0 Å². The summed E-state index contributed by atoms with van der Waals surface area (Å²) in [5, 5.41) is 20.4. The topological polar surface area (TPSA) is 104 Å². The molecule has 0 bridgehead atoms. The van der Waals surface area contributed by atoms with E-state index in [2.05, 4.69) is 0 Å². The van der Waals surface area contributed by atoms with E-state index in [1.165, 1.54) is 4.90 Å². The normalized spacial score (nSPS) is 17.3. The van der Waals surface area contributed by atoms with Gasteiger partial charge in [-0.05, 0) is 80.4 Å². The SMILES string of the molecule is COc1cc(C)c(/C(O)=C2\C(=O)C(=O)N(c3ccc(C#N)cc3)C2c2ccc(C)o2)cc1C. The average Bonchev–Trinajstić information content (AvgIpc) is 3.35. The molecule has 1 N–H and O–H groups in total. The van der Waals surface area contributed by atoms with Crippen LogP contribution >= 0.6 is 0 Å². The molecule has 33 heavy (non-hydrogen) atoms. The number of hydrogen-bond donors (Lipinski definition) is 1. The summed E-state index contributed by atoms with van der Waals surface area (Å²) < 4.78 is 11.2. The zero-order valence-electron chi connectivity index (χ0n) is 18.7. The van der Waals surface area contributed by atoms with Crippen LogP contribution in [0.3, 0.4) is 0 Å². The van der Waals surface area contributed by atoms with Crippen LogP contribution < -0.4 is 9.64 Å². The second-order valence-corrected chi connectivity index (χ2v) is 7.91. The number of anilines is 1. The quantitative estimate of drug-likeness (QED) is 0.356. The average molecular weight is 442 g/mol. The number of amides is 1. The number of Topliss-reactive ketones (excluding diaryl/α,β-unsaturated/α-hetero) is 1. The van der Waals surface area contributed by atoms with Crippen molar-refractivity contribution in [3.63, 3.8) is 0 Å². The van der Waals surface area contributed by atoms with E-state index in [4.69, 9.17) is 14.4 Å². The molecule has 0 radical (unpaired) electrons. The second kappa shape index (κ2) is 8.32. The number of nitrogens with zero attached hydrogens (tertiary/aromatic N) is 2. The molecule has 0 saturated carbocycles. The summed E-state index contributed by atoms with van der Waals surface area (Å²) in [7, 11) is 1.56. The summed E-state index contributed by atoms with van der Waals surface area (Å²) in [5.74, 6) is -0.286. The molecular weight excluding hydrogens is 420 g/mol. The van der Waals surface area contributed by atoms with Crippen molar-refractivity contribution in [3.05, 3.63) is 87.9 Å². The van der Waals surface area contributed by atoms with Gasteiger partial charge in [-0.25, -0.2) is 0 Å². The predicted octanol–water partition coefficient (Wildman–Crippen LogP) is 4.71. The highest BCUT2D eigenvalue weighted by atomic mass is 16.5. The summed E-state index contributed by atoms with van der Waals surface area (Å²) in [4.78, 5) is 27.7. The molecule has 1 fully saturated rings. The number of aliphatic hydroxyl groups is 1. The first kappa shape index (κ1) is 21.9. The van der Waals surface area contributed by atoms with Crippen molar-refractivity contribution < 1.29 is 23.8 Å². The minimum atomic E-state index is -0.964. The van der Waals surface area contributed by atoms with Gasteiger partial charge >= 0.3 is 0 Å². The minimum Gasteiger partial charge on any atom is -0.507 e. The molecule has 1 saturated heterocycles. The lowest BCUT2D eigenvalue weighted by Crippen LogP contribution is -2.29. The van der Waals surface area contributed by atoms with Gasteiger partial charge in [0.15, 0.2) is 0 Å². The van der Waals surface area contributed by atoms with Gasteiger partial charge in [-0.3, -0.25) is 14.5 Å². The molecule has 1 amide bonds. The summed E-state index contributed by atoms with van der Waals surface area (Å²) in [6.07, 6.45) is 0. The Labute approximate surface area is 191 Å². The van der Waals surface area contributed by atoms with Crippen molar-refractivity contribution >= 4 is 23.1 Å². The molecule has 2 heterocycles.